The number of unbranched alkanes of at least 4 members (excludes halogenated alkanes) is 1. The van der Waals surface area contributed by atoms with Crippen molar-refractivity contribution in [2.24, 2.45) is 0 Å². The molecule has 2 nitrogen and oxygen atoms in total. The van der Waals surface area contributed by atoms with Crippen molar-refractivity contribution in [1.29, 1.82) is 0 Å². The molecule has 0 heterocycles. The van der Waals surface area contributed by atoms with E-state index >= 15 is 0 Å². The number of rotatable bonds is 8. The van der Waals surface area contributed by atoms with Crippen LogP contribution in [-0.2, 0) is 0 Å². The Morgan fingerprint density at radius 1 is 0.957 bits per heavy atom. The van der Waals surface area contributed by atoms with E-state index in [9.17, 15) is 4.79 Å². The van der Waals surface area contributed by atoms with Crippen molar-refractivity contribution in [3.63, 3.8) is 0 Å². The zero-order valence-corrected chi connectivity index (χ0v) is 14.1. The van der Waals surface area contributed by atoms with Gasteiger partial charge in [0.05, 0.1) is 5.56 Å². The van der Waals surface area contributed by atoms with Crippen LogP contribution >= 0.6 is 0 Å². The molecule has 2 aromatic carbocycles. The van der Waals surface area contributed by atoms with E-state index in [0.29, 0.717) is 11.5 Å². The van der Waals surface area contributed by atoms with E-state index in [1.807, 2.05) is 12.1 Å². The highest BCUT2D eigenvalue weighted by Crippen LogP contribution is 2.35. The molecule has 2 rings (SSSR count). The lowest BCUT2D eigenvalue weighted by molar-refractivity contribution is 0.0697. The molecule has 23 heavy (non-hydrogen) atoms. The zero-order chi connectivity index (χ0) is 16.7. The van der Waals surface area contributed by atoms with Gasteiger partial charge in [0, 0.05) is 0 Å². The largest absolute Gasteiger partial charge is 0.478 e. The molecule has 2 aromatic rings. The molecule has 122 valence electrons. The van der Waals surface area contributed by atoms with Crippen LogP contribution in [0.2, 0.25) is 0 Å². The number of benzene rings is 2. The zero-order valence-electron chi connectivity index (χ0n) is 14.1. The van der Waals surface area contributed by atoms with Gasteiger partial charge in [0.15, 0.2) is 0 Å². The van der Waals surface area contributed by atoms with Crippen LogP contribution in [0.3, 0.4) is 0 Å². The smallest absolute Gasteiger partial charge is 0.335 e. The van der Waals surface area contributed by atoms with Gasteiger partial charge in [0.2, 0.25) is 0 Å². The van der Waals surface area contributed by atoms with E-state index in [1.165, 1.54) is 43.2 Å². The fourth-order valence-electron chi connectivity index (χ4n) is 3.16. The Kier molecular flexibility index (Phi) is 6.40. The predicted octanol–water partition coefficient (Wildman–Crippen LogP) is 6.13. The number of carboxylic acids is 1. The Morgan fingerprint density at radius 2 is 1.65 bits per heavy atom. The second kappa shape index (κ2) is 8.52. The van der Waals surface area contributed by atoms with Gasteiger partial charge in [0.1, 0.15) is 0 Å². The summed E-state index contributed by atoms with van der Waals surface area (Å²) in [6, 6.07) is 15.8. The van der Waals surface area contributed by atoms with Crippen molar-refractivity contribution in [1.82, 2.24) is 0 Å². The summed E-state index contributed by atoms with van der Waals surface area (Å²) in [5.41, 5.74) is 4.07. The summed E-state index contributed by atoms with van der Waals surface area (Å²) < 4.78 is 0. The monoisotopic (exact) mass is 310 g/mol. The van der Waals surface area contributed by atoms with Gasteiger partial charge in [-0.1, -0.05) is 69.5 Å². The van der Waals surface area contributed by atoms with Crippen molar-refractivity contribution in [2.75, 3.05) is 0 Å². The first-order chi connectivity index (χ1) is 11.2. The first-order valence-electron chi connectivity index (χ1n) is 8.60. The molecule has 0 spiro atoms. The predicted molar refractivity (Wildman–Crippen MR) is 96.0 cm³/mol. The highest BCUT2D eigenvalue weighted by atomic mass is 16.4. The maximum atomic E-state index is 11.0. The summed E-state index contributed by atoms with van der Waals surface area (Å²) in [5.74, 6) is -0.299. The van der Waals surface area contributed by atoms with Gasteiger partial charge in [-0.25, -0.2) is 4.79 Å². The lowest BCUT2D eigenvalue weighted by Crippen LogP contribution is -2.02. The highest BCUT2D eigenvalue weighted by molar-refractivity contribution is 5.88. The van der Waals surface area contributed by atoms with Crippen molar-refractivity contribution < 1.29 is 9.90 Å². The summed E-state index contributed by atoms with van der Waals surface area (Å²) in [4.78, 5) is 11.0. The van der Waals surface area contributed by atoms with Gasteiger partial charge < -0.3 is 5.11 Å². The molecule has 0 saturated carbocycles. The standard InChI is InChI=1S/C21H26O2/c1-3-5-9-16(8-4-2)19-10-6-7-11-20(19)17-12-14-18(15-13-17)21(22)23/h6-7,10-16H,3-5,8-9H2,1-2H3,(H,22,23). The minimum Gasteiger partial charge on any atom is -0.478 e. The summed E-state index contributed by atoms with van der Waals surface area (Å²) in [7, 11) is 0. The Labute approximate surface area is 139 Å². The maximum Gasteiger partial charge on any atom is 0.335 e. The van der Waals surface area contributed by atoms with E-state index in [2.05, 4.69) is 38.1 Å². The van der Waals surface area contributed by atoms with Crippen molar-refractivity contribution in [3.8, 4) is 11.1 Å². The summed E-state index contributed by atoms with van der Waals surface area (Å²) in [6.45, 7) is 4.47. The van der Waals surface area contributed by atoms with Gasteiger partial charge >= 0.3 is 5.97 Å². The Balaban J connectivity index is 2.36. The van der Waals surface area contributed by atoms with Gasteiger partial charge in [-0.3, -0.25) is 0 Å². The Bertz CT molecular complexity index is 629. The van der Waals surface area contributed by atoms with Crippen LogP contribution in [0.15, 0.2) is 48.5 Å². The molecule has 2 heteroatoms. The fourth-order valence-corrected chi connectivity index (χ4v) is 3.16. The van der Waals surface area contributed by atoms with Gasteiger partial charge in [-0.15, -0.1) is 0 Å². The van der Waals surface area contributed by atoms with E-state index in [1.54, 1.807) is 12.1 Å². The first kappa shape index (κ1) is 17.3. The molecule has 1 N–H and O–H groups in total. The third-order valence-electron chi connectivity index (χ3n) is 4.39. The van der Waals surface area contributed by atoms with E-state index < -0.39 is 5.97 Å². The van der Waals surface area contributed by atoms with E-state index in [0.717, 1.165) is 5.56 Å². The molecule has 0 aliphatic rings. The van der Waals surface area contributed by atoms with Crippen LogP contribution in [0.5, 0.6) is 0 Å². The van der Waals surface area contributed by atoms with E-state index in [-0.39, 0.29) is 0 Å². The van der Waals surface area contributed by atoms with Gasteiger partial charge in [-0.2, -0.15) is 0 Å². The third kappa shape index (κ3) is 4.44. The fraction of sp³-hybridized carbons (Fsp3) is 0.381. The van der Waals surface area contributed by atoms with Crippen LogP contribution in [0.25, 0.3) is 11.1 Å². The summed E-state index contributed by atoms with van der Waals surface area (Å²) >= 11 is 0. The van der Waals surface area contributed by atoms with Crippen LogP contribution in [0.1, 0.15) is 67.8 Å². The molecular formula is C21H26O2. The molecule has 0 fully saturated rings. The maximum absolute atomic E-state index is 11.0. The van der Waals surface area contributed by atoms with Crippen LogP contribution in [0.4, 0.5) is 0 Å². The lowest BCUT2D eigenvalue weighted by Gasteiger charge is -2.20. The summed E-state index contributed by atoms with van der Waals surface area (Å²) in [6.07, 6.45) is 6.06. The normalized spacial score (nSPS) is 12.1. The number of aromatic carboxylic acids is 1. The molecular weight excluding hydrogens is 284 g/mol. The molecule has 1 unspecified atom stereocenters. The number of hydrogen-bond donors (Lipinski definition) is 1. The van der Waals surface area contributed by atoms with Crippen molar-refractivity contribution in [3.05, 3.63) is 59.7 Å². The minimum absolute atomic E-state index is 0.335. The van der Waals surface area contributed by atoms with Gasteiger partial charge in [-0.05, 0) is 47.6 Å². The molecule has 0 aliphatic heterocycles. The van der Waals surface area contributed by atoms with Crippen LogP contribution in [0, 0.1) is 0 Å². The van der Waals surface area contributed by atoms with Crippen LogP contribution < -0.4 is 0 Å². The number of carbonyl (C=O) groups is 1. The molecule has 0 aromatic heterocycles. The minimum atomic E-state index is -0.878. The second-order valence-electron chi connectivity index (χ2n) is 6.10. The average Bonchev–Trinajstić information content (AvgIpc) is 2.59. The third-order valence-corrected chi connectivity index (χ3v) is 4.39. The number of carboxylic acid groups (broad SMARTS) is 1. The average molecular weight is 310 g/mol. The van der Waals surface area contributed by atoms with Gasteiger partial charge in [0.25, 0.3) is 0 Å². The highest BCUT2D eigenvalue weighted by Gasteiger charge is 2.15. The van der Waals surface area contributed by atoms with E-state index in [4.69, 9.17) is 5.11 Å². The molecule has 0 bridgehead atoms. The summed E-state index contributed by atoms with van der Waals surface area (Å²) in [5, 5.41) is 9.06. The Hall–Kier alpha value is -2.09. The second-order valence-corrected chi connectivity index (χ2v) is 6.10. The molecule has 0 aliphatic carbocycles. The lowest BCUT2D eigenvalue weighted by atomic mass is 9.84. The first-order valence-corrected chi connectivity index (χ1v) is 8.60. The quantitative estimate of drug-likeness (QED) is 0.637. The van der Waals surface area contributed by atoms with Crippen molar-refractivity contribution in [2.45, 2.75) is 51.9 Å². The molecule has 0 radical (unpaired) electrons. The van der Waals surface area contributed by atoms with Crippen LogP contribution in [-0.4, -0.2) is 11.1 Å². The topological polar surface area (TPSA) is 37.3 Å². The SMILES string of the molecule is CCCCC(CCC)c1ccccc1-c1ccc(C(=O)O)cc1. The Morgan fingerprint density at radius 3 is 2.26 bits per heavy atom. The number of hydrogen-bond acceptors (Lipinski definition) is 1. The molecule has 0 saturated heterocycles. The molecule has 1 atom stereocenters. The van der Waals surface area contributed by atoms with Crippen molar-refractivity contribution >= 4 is 5.97 Å². The molecule has 0 amide bonds.